The van der Waals surface area contributed by atoms with Crippen molar-refractivity contribution in [1.82, 2.24) is 15.1 Å². The highest BCUT2D eigenvalue weighted by atomic mass is 19.4. The van der Waals surface area contributed by atoms with Gasteiger partial charge in [-0.2, -0.15) is 13.2 Å². The summed E-state index contributed by atoms with van der Waals surface area (Å²) >= 11 is 0. The van der Waals surface area contributed by atoms with Gasteiger partial charge in [0.1, 0.15) is 0 Å². The average Bonchev–Trinajstić information content (AvgIpc) is 2.76. The molecule has 0 radical (unpaired) electrons. The lowest BCUT2D eigenvalue weighted by Gasteiger charge is -2.34. The van der Waals surface area contributed by atoms with Gasteiger partial charge in [-0.3, -0.25) is 19.4 Å². The number of anilines is 1. The van der Waals surface area contributed by atoms with Gasteiger partial charge < -0.3 is 10.6 Å². The molecule has 34 heavy (non-hydrogen) atoms. The van der Waals surface area contributed by atoms with Crippen molar-refractivity contribution in [3.8, 4) is 0 Å². The summed E-state index contributed by atoms with van der Waals surface area (Å²) in [6.45, 7) is 8.90. The zero-order valence-corrected chi connectivity index (χ0v) is 19.8. The van der Waals surface area contributed by atoms with Crippen LogP contribution in [0.4, 0.5) is 18.9 Å². The van der Waals surface area contributed by atoms with Crippen molar-refractivity contribution in [3.63, 3.8) is 0 Å². The summed E-state index contributed by atoms with van der Waals surface area (Å²) < 4.78 is 38.7. The molecule has 0 saturated carbocycles. The Kier molecular flexibility index (Phi) is 8.33. The standard InChI is InChI=1S/C25H31F3N4O2/c1-17-11-18(2)24(19(3)12-17)30-22(33)14-29-23(34)16-32-9-7-31(8-10-32)15-20-5-4-6-21(13-20)25(26,27)28/h4-6,11-13H,7-10,14-16H2,1-3H3,(H,29,34)(H,30,33). The van der Waals surface area contributed by atoms with E-state index in [0.717, 1.165) is 28.4 Å². The normalized spacial score (nSPS) is 15.2. The van der Waals surface area contributed by atoms with E-state index in [4.69, 9.17) is 0 Å². The third kappa shape index (κ3) is 7.30. The Balaban J connectivity index is 1.40. The van der Waals surface area contributed by atoms with E-state index < -0.39 is 11.7 Å². The first kappa shape index (κ1) is 25.7. The van der Waals surface area contributed by atoms with Gasteiger partial charge in [0.25, 0.3) is 0 Å². The zero-order chi connectivity index (χ0) is 24.9. The van der Waals surface area contributed by atoms with Crippen LogP contribution < -0.4 is 10.6 Å². The minimum atomic E-state index is -4.35. The van der Waals surface area contributed by atoms with E-state index in [1.807, 2.05) is 37.8 Å². The number of aryl methyl sites for hydroxylation is 3. The van der Waals surface area contributed by atoms with Crippen molar-refractivity contribution in [3.05, 3.63) is 64.2 Å². The van der Waals surface area contributed by atoms with Crippen LogP contribution in [0.25, 0.3) is 0 Å². The van der Waals surface area contributed by atoms with Gasteiger partial charge in [-0.1, -0.05) is 35.9 Å². The molecule has 0 aliphatic carbocycles. The Morgan fingerprint density at radius 2 is 1.53 bits per heavy atom. The molecule has 0 bridgehead atoms. The first-order chi connectivity index (χ1) is 16.0. The molecule has 1 aliphatic rings. The van der Waals surface area contributed by atoms with E-state index in [1.165, 1.54) is 12.1 Å². The number of rotatable bonds is 7. The monoisotopic (exact) mass is 476 g/mol. The van der Waals surface area contributed by atoms with Crippen molar-refractivity contribution >= 4 is 17.5 Å². The maximum absolute atomic E-state index is 12.9. The van der Waals surface area contributed by atoms with Gasteiger partial charge in [-0.25, -0.2) is 0 Å². The van der Waals surface area contributed by atoms with Crippen molar-refractivity contribution < 1.29 is 22.8 Å². The van der Waals surface area contributed by atoms with Crippen LogP contribution in [0.3, 0.4) is 0 Å². The number of hydrogen-bond acceptors (Lipinski definition) is 4. The fraction of sp³-hybridized carbons (Fsp3) is 0.440. The molecule has 2 N–H and O–H groups in total. The number of carbonyl (C=O) groups is 2. The molecule has 1 aliphatic heterocycles. The topological polar surface area (TPSA) is 64.7 Å². The molecule has 9 heteroatoms. The van der Waals surface area contributed by atoms with Gasteiger partial charge in [-0.15, -0.1) is 0 Å². The van der Waals surface area contributed by atoms with Crippen LogP contribution in [0.15, 0.2) is 36.4 Å². The van der Waals surface area contributed by atoms with E-state index >= 15 is 0 Å². The Morgan fingerprint density at radius 1 is 0.912 bits per heavy atom. The molecule has 1 fully saturated rings. The highest BCUT2D eigenvalue weighted by molar-refractivity contribution is 5.96. The molecule has 2 amide bonds. The van der Waals surface area contributed by atoms with Crippen LogP contribution in [-0.4, -0.2) is 60.9 Å². The molecule has 0 spiro atoms. The Bertz CT molecular complexity index is 1010. The van der Waals surface area contributed by atoms with E-state index in [9.17, 15) is 22.8 Å². The van der Waals surface area contributed by atoms with Gasteiger partial charge in [-0.05, 0) is 43.5 Å². The molecule has 0 aromatic heterocycles. The van der Waals surface area contributed by atoms with Crippen LogP contribution in [0.2, 0.25) is 0 Å². The average molecular weight is 477 g/mol. The number of nitrogens with zero attached hydrogens (tertiary/aromatic N) is 2. The fourth-order valence-electron chi connectivity index (χ4n) is 4.21. The molecule has 0 atom stereocenters. The van der Waals surface area contributed by atoms with Crippen molar-refractivity contribution in [2.45, 2.75) is 33.5 Å². The molecular weight excluding hydrogens is 445 g/mol. The summed E-state index contributed by atoms with van der Waals surface area (Å²) in [5.74, 6) is -0.520. The van der Waals surface area contributed by atoms with Crippen LogP contribution in [0.5, 0.6) is 0 Å². The quantitative estimate of drug-likeness (QED) is 0.642. The third-order valence-corrected chi connectivity index (χ3v) is 5.88. The zero-order valence-electron chi connectivity index (χ0n) is 19.8. The van der Waals surface area contributed by atoms with E-state index in [1.54, 1.807) is 6.07 Å². The first-order valence-corrected chi connectivity index (χ1v) is 11.3. The maximum atomic E-state index is 12.9. The highest BCUT2D eigenvalue weighted by Gasteiger charge is 2.30. The Hall–Kier alpha value is -2.91. The van der Waals surface area contributed by atoms with Crippen molar-refractivity contribution in [2.24, 2.45) is 0 Å². The second-order valence-electron chi connectivity index (χ2n) is 8.85. The van der Waals surface area contributed by atoms with Crippen LogP contribution in [-0.2, 0) is 22.3 Å². The summed E-state index contributed by atoms with van der Waals surface area (Å²) in [6, 6.07) is 9.37. The minimum absolute atomic E-state index is 0.110. The number of hydrogen-bond donors (Lipinski definition) is 2. The molecule has 0 unspecified atom stereocenters. The van der Waals surface area contributed by atoms with Gasteiger partial charge in [0.2, 0.25) is 11.8 Å². The molecule has 3 rings (SSSR count). The number of alkyl halides is 3. The molecule has 2 aromatic rings. The number of nitrogens with one attached hydrogen (secondary N) is 2. The summed E-state index contributed by atoms with van der Waals surface area (Å²) in [4.78, 5) is 28.6. The molecule has 1 heterocycles. The molecular formula is C25H31F3N4O2. The lowest BCUT2D eigenvalue weighted by molar-refractivity contribution is -0.137. The predicted molar refractivity (Wildman–Crippen MR) is 125 cm³/mol. The summed E-state index contributed by atoms with van der Waals surface area (Å²) in [5, 5.41) is 5.52. The second-order valence-corrected chi connectivity index (χ2v) is 8.85. The number of benzene rings is 2. The lowest BCUT2D eigenvalue weighted by atomic mass is 10.1. The van der Waals surface area contributed by atoms with Crippen LogP contribution in [0.1, 0.15) is 27.8 Å². The van der Waals surface area contributed by atoms with Crippen molar-refractivity contribution in [2.75, 3.05) is 44.6 Å². The number of piperazine rings is 1. The Morgan fingerprint density at radius 3 is 2.15 bits per heavy atom. The van der Waals surface area contributed by atoms with Gasteiger partial charge in [0.05, 0.1) is 18.7 Å². The largest absolute Gasteiger partial charge is 0.416 e. The second kappa shape index (κ2) is 11.0. The molecule has 2 aromatic carbocycles. The SMILES string of the molecule is Cc1cc(C)c(NC(=O)CNC(=O)CN2CCN(Cc3cccc(C(F)(F)F)c3)CC2)c(C)c1. The summed E-state index contributed by atoms with van der Waals surface area (Å²) in [7, 11) is 0. The summed E-state index contributed by atoms with van der Waals surface area (Å²) in [5.41, 5.74) is 3.81. The van der Waals surface area contributed by atoms with Gasteiger partial charge >= 0.3 is 6.18 Å². The Labute approximate surface area is 198 Å². The third-order valence-electron chi connectivity index (χ3n) is 5.88. The number of carbonyl (C=O) groups excluding carboxylic acids is 2. The summed E-state index contributed by atoms with van der Waals surface area (Å²) in [6.07, 6.45) is -4.35. The molecule has 184 valence electrons. The number of amides is 2. The van der Waals surface area contributed by atoms with Gasteiger partial charge in [0, 0.05) is 38.4 Å². The smallest absolute Gasteiger partial charge is 0.346 e. The molecule has 1 saturated heterocycles. The highest BCUT2D eigenvalue weighted by Crippen LogP contribution is 2.29. The predicted octanol–water partition coefficient (Wildman–Crippen LogP) is 3.50. The van der Waals surface area contributed by atoms with E-state index in [-0.39, 0.29) is 24.9 Å². The maximum Gasteiger partial charge on any atom is 0.416 e. The van der Waals surface area contributed by atoms with Crippen LogP contribution >= 0.6 is 0 Å². The van der Waals surface area contributed by atoms with Crippen LogP contribution in [0, 0.1) is 20.8 Å². The molecule has 6 nitrogen and oxygen atoms in total. The van der Waals surface area contributed by atoms with E-state index in [2.05, 4.69) is 15.5 Å². The lowest BCUT2D eigenvalue weighted by Crippen LogP contribution is -2.49. The first-order valence-electron chi connectivity index (χ1n) is 11.3. The van der Waals surface area contributed by atoms with E-state index in [0.29, 0.717) is 38.3 Å². The fourth-order valence-corrected chi connectivity index (χ4v) is 4.21. The minimum Gasteiger partial charge on any atom is -0.346 e. The van der Waals surface area contributed by atoms with Crippen molar-refractivity contribution in [1.29, 1.82) is 0 Å². The van der Waals surface area contributed by atoms with Gasteiger partial charge in [0.15, 0.2) is 0 Å². The number of halogens is 3.